The SMILES string of the molecule is NCCCC[C@H](COC(N)=O)NC(=O)OC[C@@H](CCCCN)NC(=O)OC[C@@H](N)CCCN=C(N)N. The maximum atomic E-state index is 12.3. The number of rotatable bonds is 20. The number of hydrogen-bond donors (Lipinski definition) is 8. The van der Waals surface area contributed by atoms with Gasteiger partial charge in [-0.3, -0.25) is 4.99 Å². The molecular formula is C21H45N9O6. The summed E-state index contributed by atoms with van der Waals surface area (Å²) < 4.78 is 15.3. The van der Waals surface area contributed by atoms with E-state index in [2.05, 4.69) is 15.6 Å². The lowest BCUT2D eigenvalue weighted by atomic mass is 10.1. The first kappa shape index (κ1) is 33.0. The lowest BCUT2D eigenvalue weighted by Crippen LogP contribution is -2.44. The van der Waals surface area contributed by atoms with Gasteiger partial charge in [0.05, 0.1) is 12.1 Å². The number of alkyl carbamates (subject to hydrolysis) is 2. The second-order valence-electron chi connectivity index (χ2n) is 8.29. The fraction of sp³-hybridized carbons (Fsp3) is 0.810. The minimum Gasteiger partial charge on any atom is -0.448 e. The monoisotopic (exact) mass is 519 g/mol. The van der Waals surface area contributed by atoms with Crippen molar-refractivity contribution < 1.29 is 28.6 Å². The zero-order valence-corrected chi connectivity index (χ0v) is 21.0. The van der Waals surface area contributed by atoms with Crippen LogP contribution in [-0.2, 0) is 14.2 Å². The second kappa shape index (κ2) is 21.3. The van der Waals surface area contributed by atoms with Crippen molar-refractivity contribution in [2.45, 2.75) is 69.5 Å². The van der Waals surface area contributed by atoms with Crippen LogP contribution in [-0.4, -0.2) is 81.8 Å². The van der Waals surface area contributed by atoms with Crippen LogP contribution in [0.1, 0.15) is 51.4 Å². The molecule has 0 aliphatic carbocycles. The maximum absolute atomic E-state index is 12.3. The van der Waals surface area contributed by atoms with E-state index in [1.807, 2.05) is 0 Å². The van der Waals surface area contributed by atoms with Crippen LogP contribution in [0.25, 0.3) is 0 Å². The van der Waals surface area contributed by atoms with Crippen molar-refractivity contribution in [3.05, 3.63) is 0 Å². The molecule has 0 saturated carbocycles. The average molecular weight is 520 g/mol. The molecule has 0 aromatic heterocycles. The first-order valence-corrected chi connectivity index (χ1v) is 12.2. The smallest absolute Gasteiger partial charge is 0.407 e. The van der Waals surface area contributed by atoms with Gasteiger partial charge in [0.1, 0.15) is 19.8 Å². The Morgan fingerprint density at radius 2 is 1.19 bits per heavy atom. The number of carbonyl (C=O) groups excluding carboxylic acids is 3. The third-order valence-corrected chi connectivity index (χ3v) is 4.96. The molecule has 0 aromatic carbocycles. The summed E-state index contributed by atoms with van der Waals surface area (Å²) in [6.45, 7) is 1.26. The van der Waals surface area contributed by atoms with Crippen LogP contribution in [0.2, 0.25) is 0 Å². The Balaban J connectivity index is 4.62. The molecule has 0 aliphatic rings. The van der Waals surface area contributed by atoms with Crippen molar-refractivity contribution in [1.29, 1.82) is 0 Å². The first-order valence-electron chi connectivity index (χ1n) is 12.2. The molecule has 0 unspecified atom stereocenters. The molecule has 0 aromatic rings. The standard InChI is InChI=1S/C21H45N9O6/c22-9-3-1-7-16(13-34-19(27)31)29-21(33)36-14-17(8-2-4-10-23)30-20(32)35-12-15(24)6-5-11-28-18(25)26/h15-17H,1-14,22-24H2,(H2,27,31)(H,29,33)(H,30,32)(H4,25,26,28)/t15-,16+,17+/m0/s1. The number of aliphatic imine (C=N–C) groups is 1. The number of nitrogens with one attached hydrogen (secondary N) is 2. The Bertz CT molecular complexity index is 649. The normalized spacial score (nSPS) is 13.1. The third-order valence-electron chi connectivity index (χ3n) is 4.96. The quantitative estimate of drug-likeness (QED) is 0.0414. The van der Waals surface area contributed by atoms with E-state index in [9.17, 15) is 14.4 Å². The molecule has 0 bridgehead atoms. The first-order chi connectivity index (χ1) is 17.2. The topological polar surface area (TPSA) is 271 Å². The Morgan fingerprint density at radius 1 is 0.694 bits per heavy atom. The van der Waals surface area contributed by atoms with Crippen molar-refractivity contribution in [2.75, 3.05) is 39.5 Å². The van der Waals surface area contributed by atoms with E-state index in [1.54, 1.807) is 0 Å². The van der Waals surface area contributed by atoms with Crippen LogP contribution in [0.3, 0.4) is 0 Å². The fourth-order valence-electron chi connectivity index (χ4n) is 3.07. The van der Waals surface area contributed by atoms with Gasteiger partial charge in [0.25, 0.3) is 0 Å². The number of nitrogens with zero attached hydrogens (tertiary/aromatic N) is 1. The van der Waals surface area contributed by atoms with Crippen LogP contribution in [0.4, 0.5) is 14.4 Å². The predicted octanol–water partition coefficient (Wildman–Crippen LogP) is -1.09. The molecule has 36 heavy (non-hydrogen) atoms. The average Bonchev–Trinajstić information content (AvgIpc) is 2.82. The van der Waals surface area contributed by atoms with Crippen LogP contribution >= 0.6 is 0 Å². The molecule has 3 amide bonds. The third kappa shape index (κ3) is 20.3. The number of ether oxygens (including phenoxy) is 3. The van der Waals surface area contributed by atoms with Crippen molar-refractivity contribution in [2.24, 2.45) is 39.4 Å². The minimum atomic E-state index is -0.940. The predicted molar refractivity (Wildman–Crippen MR) is 136 cm³/mol. The Hall–Kier alpha value is -3.04. The van der Waals surface area contributed by atoms with E-state index in [0.29, 0.717) is 51.7 Å². The molecule has 14 N–H and O–H groups in total. The Labute approximate surface area is 212 Å². The van der Waals surface area contributed by atoms with Crippen LogP contribution in [0.15, 0.2) is 4.99 Å². The Morgan fingerprint density at radius 3 is 1.67 bits per heavy atom. The van der Waals surface area contributed by atoms with Crippen molar-refractivity contribution in [3.8, 4) is 0 Å². The van der Waals surface area contributed by atoms with Crippen LogP contribution < -0.4 is 45.0 Å². The van der Waals surface area contributed by atoms with Gasteiger partial charge in [-0.05, 0) is 51.6 Å². The highest BCUT2D eigenvalue weighted by Crippen LogP contribution is 2.05. The van der Waals surface area contributed by atoms with Crippen molar-refractivity contribution >= 4 is 24.2 Å². The van der Waals surface area contributed by atoms with Gasteiger partial charge in [0, 0.05) is 12.6 Å². The number of unbranched alkanes of at least 4 members (excludes halogenated alkanes) is 2. The minimum absolute atomic E-state index is 0.00879. The molecule has 0 radical (unpaired) electrons. The molecule has 0 rings (SSSR count). The van der Waals surface area contributed by atoms with E-state index >= 15 is 0 Å². The number of primary amides is 1. The highest BCUT2D eigenvalue weighted by atomic mass is 16.6. The van der Waals surface area contributed by atoms with Gasteiger partial charge >= 0.3 is 18.3 Å². The van der Waals surface area contributed by atoms with Gasteiger partial charge in [-0.25, -0.2) is 14.4 Å². The molecule has 0 saturated heterocycles. The van der Waals surface area contributed by atoms with Crippen molar-refractivity contribution in [1.82, 2.24) is 10.6 Å². The summed E-state index contributed by atoms with van der Waals surface area (Å²) in [5.41, 5.74) is 32.5. The number of hydrogen-bond acceptors (Lipinski definition) is 10. The number of guanidine groups is 1. The zero-order chi connectivity index (χ0) is 27.2. The summed E-state index contributed by atoms with van der Waals surface area (Å²) in [5, 5.41) is 5.33. The largest absolute Gasteiger partial charge is 0.448 e. The lowest BCUT2D eigenvalue weighted by molar-refractivity contribution is 0.104. The molecule has 0 aliphatic heterocycles. The van der Waals surface area contributed by atoms with Crippen molar-refractivity contribution in [3.63, 3.8) is 0 Å². The van der Waals surface area contributed by atoms with E-state index in [4.69, 9.17) is 48.6 Å². The van der Waals surface area contributed by atoms with Gasteiger partial charge in [-0.2, -0.15) is 0 Å². The summed E-state index contributed by atoms with van der Waals surface area (Å²) in [6, 6.07) is -1.36. The molecule has 15 heteroatoms. The summed E-state index contributed by atoms with van der Waals surface area (Å²) in [6.07, 6.45) is 2.85. The fourth-order valence-corrected chi connectivity index (χ4v) is 3.07. The molecule has 0 heterocycles. The summed E-state index contributed by atoms with van der Waals surface area (Å²) in [4.78, 5) is 39.3. The van der Waals surface area contributed by atoms with E-state index in [0.717, 1.165) is 19.3 Å². The van der Waals surface area contributed by atoms with Gasteiger partial charge in [0.15, 0.2) is 5.96 Å². The highest BCUT2D eigenvalue weighted by Gasteiger charge is 2.19. The number of amides is 3. The summed E-state index contributed by atoms with van der Waals surface area (Å²) in [7, 11) is 0. The molecule has 3 atom stereocenters. The molecule has 15 nitrogen and oxygen atoms in total. The Kier molecular flexibility index (Phi) is 19.5. The molecular weight excluding hydrogens is 474 g/mol. The molecule has 210 valence electrons. The number of carbonyl (C=O) groups is 3. The second-order valence-corrected chi connectivity index (χ2v) is 8.29. The van der Waals surface area contributed by atoms with Gasteiger partial charge in [-0.1, -0.05) is 12.8 Å². The van der Waals surface area contributed by atoms with Crippen LogP contribution in [0, 0.1) is 0 Å². The van der Waals surface area contributed by atoms with E-state index in [1.165, 1.54) is 0 Å². The number of nitrogens with two attached hydrogens (primary N) is 6. The lowest BCUT2D eigenvalue weighted by Gasteiger charge is -2.21. The maximum Gasteiger partial charge on any atom is 0.407 e. The van der Waals surface area contributed by atoms with Gasteiger partial charge < -0.3 is 59.2 Å². The highest BCUT2D eigenvalue weighted by molar-refractivity contribution is 5.75. The summed E-state index contributed by atoms with van der Waals surface area (Å²) >= 11 is 0. The molecule has 0 spiro atoms. The van der Waals surface area contributed by atoms with E-state index < -0.39 is 30.4 Å². The summed E-state index contributed by atoms with van der Waals surface area (Å²) in [5.74, 6) is 0.0110. The van der Waals surface area contributed by atoms with Gasteiger partial charge in [0.2, 0.25) is 0 Å². The van der Waals surface area contributed by atoms with Gasteiger partial charge in [-0.15, -0.1) is 0 Å². The zero-order valence-electron chi connectivity index (χ0n) is 21.0. The van der Waals surface area contributed by atoms with E-state index in [-0.39, 0.29) is 31.8 Å². The van der Waals surface area contributed by atoms with Crippen LogP contribution in [0.5, 0.6) is 0 Å². The molecule has 0 fully saturated rings.